The number of aromatic nitrogens is 2. The molecule has 41 heavy (non-hydrogen) atoms. The van der Waals surface area contributed by atoms with Gasteiger partial charge in [0.05, 0.1) is 0 Å². The van der Waals surface area contributed by atoms with Crippen LogP contribution in [0, 0.1) is 0 Å². The molecule has 2 aliphatic heterocycles. The van der Waals surface area contributed by atoms with Crippen molar-refractivity contribution in [2.45, 2.75) is 31.2 Å². The molecule has 3 heterocycles. The van der Waals surface area contributed by atoms with Crippen LogP contribution in [0.4, 0.5) is 11.8 Å². The Morgan fingerprint density at radius 2 is 1.73 bits per heavy atom. The molecule has 1 fully saturated rings. The van der Waals surface area contributed by atoms with Crippen LogP contribution in [0.15, 0.2) is 84.9 Å². The Balaban J connectivity index is 1.22. The molecule has 4 aromatic rings. The summed E-state index contributed by atoms with van der Waals surface area (Å²) in [5.74, 6) is 2.32. The number of fused-ring (bicyclic) bond motifs is 1. The Labute approximate surface area is 250 Å². The molecule has 0 spiro atoms. The zero-order valence-electron chi connectivity index (χ0n) is 22.7. The van der Waals surface area contributed by atoms with Crippen molar-refractivity contribution in [3.8, 4) is 11.6 Å². The maximum Gasteiger partial charge on any atom is 0.234 e. The van der Waals surface area contributed by atoms with E-state index < -0.39 is 0 Å². The molecular formula is C32H32ClN5O2S. The highest BCUT2D eigenvalue weighted by Crippen LogP contribution is 2.35. The Bertz CT molecular complexity index is 1510. The molecule has 0 aliphatic carbocycles. The van der Waals surface area contributed by atoms with Crippen LogP contribution in [0.2, 0.25) is 5.02 Å². The summed E-state index contributed by atoms with van der Waals surface area (Å²) < 4.78 is 11.8. The van der Waals surface area contributed by atoms with E-state index in [1.807, 2.05) is 54.6 Å². The number of hydrogen-bond acceptors (Lipinski definition) is 6. The number of nitrogens with zero attached hydrogens (tertiary/aromatic N) is 3. The second-order valence-electron chi connectivity index (χ2n) is 10.5. The first-order chi connectivity index (χ1) is 20.1. The maximum absolute atomic E-state index is 6.35. The van der Waals surface area contributed by atoms with Crippen LogP contribution >= 0.6 is 23.8 Å². The third-order valence-electron chi connectivity index (χ3n) is 7.81. The second kappa shape index (κ2) is 12.4. The standard InChI is InChI=1S/C32H32ClN5O2S/c33-26-10-6-9-25(19-26)32(14-17-39-18-15-32)22-34-31(41)37-30-35-28(20-29(36-30)40-27-11-2-1-3-12-27)38-16-13-23-7-4-5-8-24(23)21-38/h1-12,19-20H,13-18,21-22H2,(H2,34,35,36,37,41). The number of thiocarbonyl (C=S) groups is 1. The van der Waals surface area contributed by atoms with Crippen molar-refractivity contribution in [3.05, 3.63) is 107 Å². The minimum absolute atomic E-state index is 0.139. The Morgan fingerprint density at radius 1 is 0.951 bits per heavy atom. The van der Waals surface area contributed by atoms with Gasteiger partial charge in [0.15, 0.2) is 5.11 Å². The lowest BCUT2D eigenvalue weighted by molar-refractivity contribution is 0.0515. The molecule has 0 bridgehead atoms. The number of para-hydroxylation sites is 1. The highest BCUT2D eigenvalue weighted by Gasteiger charge is 2.35. The zero-order valence-corrected chi connectivity index (χ0v) is 24.3. The minimum atomic E-state index is -0.139. The highest BCUT2D eigenvalue weighted by atomic mass is 35.5. The van der Waals surface area contributed by atoms with Gasteiger partial charge in [0.25, 0.3) is 0 Å². The normalized spacial score (nSPS) is 16.0. The third-order valence-corrected chi connectivity index (χ3v) is 8.29. The first-order valence-electron chi connectivity index (χ1n) is 13.9. The van der Waals surface area contributed by atoms with Gasteiger partial charge in [-0.2, -0.15) is 9.97 Å². The fourth-order valence-electron chi connectivity index (χ4n) is 5.53. The van der Waals surface area contributed by atoms with Crippen molar-refractivity contribution < 1.29 is 9.47 Å². The van der Waals surface area contributed by atoms with Gasteiger partial charge >= 0.3 is 0 Å². The lowest BCUT2D eigenvalue weighted by Gasteiger charge is -2.38. The average molecular weight is 586 g/mol. The summed E-state index contributed by atoms with van der Waals surface area (Å²) in [7, 11) is 0. The maximum atomic E-state index is 6.35. The molecule has 7 nitrogen and oxygen atoms in total. The van der Waals surface area contributed by atoms with Crippen LogP contribution in [-0.4, -0.2) is 41.4 Å². The predicted molar refractivity (Wildman–Crippen MR) is 167 cm³/mol. The van der Waals surface area contributed by atoms with E-state index >= 15 is 0 Å². The summed E-state index contributed by atoms with van der Waals surface area (Å²) in [6.07, 6.45) is 2.70. The van der Waals surface area contributed by atoms with E-state index in [4.69, 9.17) is 38.3 Å². The highest BCUT2D eigenvalue weighted by molar-refractivity contribution is 7.80. The van der Waals surface area contributed by atoms with Gasteiger partial charge in [0, 0.05) is 49.4 Å². The van der Waals surface area contributed by atoms with Crippen LogP contribution in [0.5, 0.6) is 11.6 Å². The molecule has 0 amide bonds. The van der Waals surface area contributed by atoms with Crippen LogP contribution in [0.25, 0.3) is 0 Å². The smallest absolute Gasteiger partial charge is 0.234 e. The molecule has 2 aliphatic rings. The average Bonchev–Trinajstić information content (AvgIpc) is 3.01. The zero-order chi connectivity index (χ0) is 28.1. The molecule has 0 unspecified atom stereocenters. The number of ether oxygens (including phenoxy) is 2. The topological polar surface area (TPSA) is 71.5 Å². The van der Waals surface area contributed by atoms with E-state index in [0.29, 0.717) is 42.4 Å². The SMILES string of the molecule is S=C(NCC1(c2cccc(Cl)c2)CCOCC1)Nc1nc(Oc2ccccc2)cc(N2CCc3ccccc3C2)n1. The van der Waals surface area contributed by atoms with Crippen LogP contribution < -0.4 is 20.3 Å². The molecule has 9 heteroatoms. The third kappa shape index (κ3) is 6.62. The first kappa shape index (κ1) is 27.4. The van der Waals surface area contributed by atoms with Crippen molar-refractivity contribution in [1.82, 2.24) is 15.3 Å². The Morgan fingerprint density at radius 3 is 2.54 bits per heavy atom. The molecule has 0 atom stereocenters. The lowest BCUT2D eigenvalue weighted by Crippen LogP contribution is -2.45. The molecule has 2 N–H and O–H groups in total. The summed E-state index contributed by atoms with van der Waals surface area (Å²) in [6, 6.07) is 28.1. The molecular weight excluding hydrogens is 554 g/mol. The first-order valence-corrected chi connectivity index (χ1v) is 14.7. The summed E-state index contributed by atoms with van der Waals surface area (Å²) in [5.41, 5.74) is 3.73. The largest absolute Gasteiger partial charge is 0.439 e. The Hall–Kier alpha value is -3.72. The van der Waals surface area contributed by atoms with Crippen molar-refractivity contribution in [1.29, 1.82) is 0 Å². The molecule has 0 radical (unpaired) electrons. The number of anilines is 2. The van der Waals surface area contributed by atoms with Crippen molar-refractivity contribution >= 4 is 40.7 Å². The number of hydrogen-bond donors (Lipinski definition) is 2. The van der Waals surface area contributed by atoms with Gasteiger partial charge in [-0.05, 0) is 72.4 Å². The van der Waals surface area contributed by atoms with E-state index in [9.17, 15) is 0 Å². The lowest BCUT2D eigenvalue weighted by atomic mass is 9.74. The van der Waals surface area contributed by atoms with Gasteiger partial charge < -0.3 is 25.0 Å². The predicted octanol–water partition coefficient (Wildman–Crippen LogP) is 6.52. The number of nitrogens with one attached hydrogen (secondary N) is 2. The molecule has 0 saturated carbocycles. The van der Waals surface area contributed by atoms with Crippen molar-refractivity contribution in [2.24, 2.45) is 0 Å². The molecule has 1 aromatic heterocycles. The van der Waals surface area contributed by atoms with Crippen molar-refractivity contribution in [2.75, 3.05) is 36.5 Å². The quantitative estimate of drug-likeness (QED) is 0.238. The van der Waals surface area contributed by atoms with Gasteiger partial charge in [0.2, 0.25) is 11.8 Å². The van der Waals surface area contributed by atoms with E-state index in [0.717, 1.165) is 43.2 Å². The van der Waals surface area contributed by atoms with Gasteiger partial charge in [-0.1, -0.05) is 66.2 Å². The van der Waals surface area contributed by atoms with Gasteiger partial charge in [0.1, 0.15) is 11.6 Å². The van der Waals surface area contributed by atoms with Gasteiger partial charge in [-0.3, -0.25) is 0 Å². The number of halogens is 1. The van der Waals surface area contributed by atoms with Crippen molar-refractivity contribution in [3.63, 3.8) is 0 Å². The Kier molecular flexibility index (Phi) is 8.32. The van der Waals surface area contributed by atoms with E-state index in [2.05, 4.69) is 50.8 Å². The number of benzene rings is 3. The minimum Gasteiger partial charge on any atom is -0.439 e. The van der Waals surface area contributed by atoms with E-state index in [1.54, 1.807) is 0 Å². The summed E-state index contributed by atoms with van der Waals surface area (Å²) in [4.78, 5) is 11.8. The molecule has 3 aromatic carbocycles. The second-order valence-corrected chi connectivity index (χ2v) is 11.3. The monoisotopic (exact) mass is 585 g/mol. The number of rotatable bonds is 7. The molecule has 6 rings (SSSR count). The van der Waals surface area contributed by atoms with E-state index in [1.165, 1.54) is 16.7 Å². The molecule has 1 saturated heterocycles. The fraction of sp³-hybridized carbons (Fsp3) is 0.281. The summed E-state index contributed by atoms with van der Waals surface area (Å²) >= 11 is 12.1. The summed E-state index contributed by atoms with van der Waals surface area (Å²) in [5, 5.41) is 7.82. The van der Waals surface area contributed by atoms with E-state index in [-0.39, 0.29) is 5.41 Å². The fourth-order valence-corrected chi connectivity index (χ4v) is 5.88. The molecule has 210 valence electrons. The van der Waals surface area contributed by atoms with Crippen LogP contribution in [-0.2, 0) is 23.1 Å². The van der Waals surface area contributed by atoms with Crippen LogP contribution in [0.3, 0.4) is 0 Å². The summed E-state index contributed by atoms with van der Waals surface area (Å²) in [6.45, 7) is 3.64. The van der Waals surface area contributed by atoms with Gasteiger partial charge in [-0.15, -0.1) is 0 Å². The van der Waals surface area contributed by atoms with Crippen LogP contribution in [0.1, 0.15) is 29.5 Å². The van der Waals surface area contributed by atoms with Gasteiger partial charge in [-0.25, -0.2) is 0 Å².